The summed E-state index contributed by atoms with van der Waals surface area (Å²) in [5.41, 5.74) is 3.97. The van der Waals surface area contributed by atoms with Crippen LogP contribution in [0.3, 0.4) is 0 Å². The van der Waals surface area contributed by atoms with Gasteiger partial charge >= 0.3 is 5.97 Å². The number of hydrogen-bond acceptors (Lipinski definition) is 4. The molecule has 0 radical (unpaired) electrons. The quantitative estimate of drug-likeness (QED) is 0.260. The fourth-order valence-electron chi connectivity index (χ4n) is 5.01. The number of nitrogens with zero attached hydrogens (tertiary/aromatic N) is 1. The summed E-state index contributed by atoms with van der Waals surface area (Å²) >= 11 is 0. The molecule has 1 aliphatic rings. The third kappa shape index (κ3) is 6.12. The molecule has 4 aromatic carbocycles. The van der Waals surface area contributed by atoms with E-state index in [9.17, 15) is 14.7 Å². The number of para-hydroxylation sites is 2. The van der Waals surface area contributed by atoms with Crippen LogP contribution in [0.2, 0.25) is 0 Å². The Bertz CT molecular complexity index is 1390. The highest BCUT2D eigenvalue weighted by Gasteiger charge is 2.30. The normalized spacial score (nSPS) is 12.9. The minimum atomic E-state index is -1.03. The van der Waals surface area contributed by atoms with E-state index in [1.54, 1.807) is 7.05 Å². The van der Waals surface area contributed by atoms with Gasteiger partial charge in [-0.3, -0.25) is 4.79 Å². The zero-order chi connectivity index (χ0) is 27.2. The molecule has 0 saturated carbocycles. The fourth-order valence-corrected chi connectivity index (χ4v) is 5.01. The lowest BCUT2D eigenvalue weighted by atomic mass is 9.84. The van der Waals surface area contributed by atoms with Crippen molar-refractivity contribution in [3.05, 3.63) is 125 Å². The molecule has 1 atom stereocenters. The molecule has 1 aliphatic heterocycles. The summed E-state index contributed by atoms with van der Waals surface area (Å²) in [6.45, 7) is 0.456. The number of likely N-dealkylation sites (N-methyl/N-ethyl adjacent to an activating group) is 1. The first-order valence-corrected chi connectivity index (χ1v) is 13.1. The lowest BCUT2D eigenvalue weighted by Crippen LogP contribution is -2.43. The number of carbonyl (C=O) groups is 2. The number of hydrogen-bond donors (Lipinski definition) is 1. The van der Waals surface area contributed by atoms with Gasteiger partial charge in [0.2, 0.25) is 5.91 Å². The molecule has 0 bridgehead atoms. The molecule has 1 N–H and O–H groups in total. The SMILES string of the molecule is CN(C(=O)CCC1c2ccccc2Oc2ccccc21)C(Cc1ccc(OCc2ccccc2)cc1)C(=O)O. The molecule has 4 aromatic rings. The maximum atomic E-state index is 13.2. The van der Waals surface area contributed by atoms with Gasteiger partial charge in [-0.15, -0.1) is 0 Å². The number of rotatable bonds is 10. The highest BCUT2D eigenvalue weighted by molar-refractivity contribution is 5.83. The van der Waals surface area contributed by atoms with Crippen molar-refractivity contribution in [1.82, 2.24) is 4.90 Å². The van der Waals surface area contributed by atoms with Gasteiger partial charge in [-0.2, -0.15) is 0 Å². The maximum Gasteiger partial charge on any atom is 0.326 e. The zero-order valence-corrected chi connectivity index (χ0v) is 21.8. The van der Waals surface area contributed by atoms with Crippen LogP contribution < -0.4 is 9.47 Å². The van der Waals surface area contributed by atoms with Gasteiger partial charge < -0.3 is 19.5 Å². The van der Waals surface area contributed by atoms with Crippen LogP contribution in [0.15, 0.2) is 103 Å². The van der Waals surface area contributed by atoms with Crippen LogP contribution in [0.5, 0.6) is 17.2 Å². The smallest absolute Gasteiger partial charge is 0.326 e. The van der Waals surface area contributed by atoms with Crippen molar-refractivity contribution >= 4 is 11.9 Å². The predicted molar refractivity (Wildman–Crippen MR) is 149 cm³/mol. The summed E-state index contributed by atoms with van der Waals surface area (Å²) in [5, 5.41) is 9.96. The second kappa shape index (κ2) is 11.9. The van der Waals surface area contributed by atoms with E-state index in [1.165, 1.54) is 4.90 Å². The van der Waals surface area contributed by atoms with E-state index in [2.05, 4.69) is 0 Å². The Hall–Kier alpha value is -4.58. The van der Waals surface area contributed by atoms with Gasteiger partial charge in [0.25, 0.3) is 0 Å². The van der Waals surface area contributed by atoms with Gasteiger partial charge in [0.1, 0.15) is 29.9 Å². The Balaban J connectivity index is 1.22. The van der Waals surface area contributed by atoms with Crippen molar-refractivity contribution in [1.29, 1.82) is 0 Å². The van der Waals surface area contributed by atoms with E-state index in [1.807, 2.05) is 103 Å². The van der Waals surface area contributed by atoms with Gasteiger partial charge in [0.05, 0.1) is 0 Å². The van der Waals surface area contributed by atoms with Crippen molar-refractivity contribution in [2.45, 2.75) is 37.8 Å². The van der Waals surface area contributed by atoms with E-state index in [0.29, 0.717) is 18.8 Å². The number of amides is 1. The van der Waals surface area contributed by atoms with Crippen LogP contribution in [-0.2, 0) is 22.6 Å². The summed E-state index contributed by atoms with van der Waals surface area (Å²) in [4.78, 5) is 26.8. The van der Waals surface area contributed by atoms with Crippen molar-refractivity contribution in [3.8, 4) is 17.2 Å². The highest BCUT2D eigenvalue weighted by atomic mass is 16.5. The first-order valence-electron chi connectivity index (χ1n) is 13.1. The third-order valence-corrected chi connectivity index (χ3v) is 7.20. The molecule has 1 unspecified atom stereocenters. The summed E-state index contributed by atoms with van der Waals surface area (Å²) in [5.74, 6) is 1.05. The first kappa shape index (κ1) is 26.0. The monoisotopic (exact) mass is 521 g/mol. The predicted octanol–water partition coefficient (Wildman–Crippen LogP) is 6.44. The summed E-state index contributed by atoms with van der Waals surface area (Å²) in [6.07, 6.45) is 0.986. The van der Waals surface area contributed by atoms with E-state index in [4.69, 9.17) is 9.47 Å². The number of benzene rings is 4. The molecule has 0 spiro atoms. The zero-order valence-electron chi connectivity index (χ0n) is 21.8. The molecule has 5 rings (SSSR count). The number of carboxylic acid groups (broad SMARTS) is 1. The van der Waals surface area contributed by atoms with Crippen molar-refractivity contribution in [2.24, 2.45) is 0 Å². The molecule has 6 nitrogen and oxygen atoms in total. The molecule has 0 aliphatic carbocycles. The Labute approximate surface area is 228 Å². The molecule has 198 valence electrons. The standard InChI is InChI=1S/C33H31NO5/c1-34(29(33(36)37)21-23-15-17-25(18-16-23)38-22-24-9-3-2-4-10-24)32(35)20-19-26-27-11-5-7-13-30(27)39-31-14-8-6-12-28(26)31/h2-18,26,29H,19-22H2,1H3,(H,36,37). The molecule has 39 heavy (non-hydrogen) atoms. The summed E-state index contributed by atoms with van der Waals surface area (Å²) < 4.78 is 11.9. The average molecular weight is 522 g/mol. The Morgan fingerprint density at radius 3 is 2.03 bits per heavy atom. The van der Waals surface area contributed by atoms with Crippen LogP contribution in [0.25, 0.3) is 0 Å². The van der Waals surface area contributed by atoms with Crippen molar-refractivity contribution < 1.29 is 24.2 Å². The number of carbonyl (C=O) groups excluding carboxylic acids is 1. The van der Waals surface area contributed by atoms with Gasteiger partial charge in [-0.1, -0.05) is 78.9 Å². The van der Waals surface area contributed by atoms with E-state index in [0.717, 1.165) is 33.8 Å². The summed E-state index contributed by atoms with van der Waals surface area (Å²) in [7, 11) is 1.57. The third-order valence-electron chi connectivity index (χ3n) is 7.20. The lowest BCUT2D eigenvalue weighted by Gasteiger charge is -2.29. The second-order valence-electron chi connectivity index (χ2n) is 9.75. The molecule has 0 fully saturated rings. The number of fused-ring (bicyclic) bond motifs is 2. The summed E-state index contributed by atoms with van der Waals surface area (Å²) in [6, 6.07) is 32.0. The topological polar surface area (TPSA) is 76.1 Å². The lowest BCUT2D eigenvalue weighted by molar-refractivity contribution is -0.149. The maximum absolute atomic E-state index is 13.2. The van der Waals surface area contributed by atoms with Crippen LogP contribution >= 0.6 is 0 Å². The van der Waals surface area contributed by atoms with Crippen LogP contribution in [0.1, 0.15) is 41.0 Å². The Morgan fingerprint density at radius 1 is 0.821 bits per heavy atom. The second-order valence-corrected chi connectivity index (χ2v) is 9.75. The van der Waals surface area contributed by atoms with E-state index >= 15 is 0 Å². The van der Waals surface area contributed by atoms with E-state index in [-0.39, 0.29) is 24.7 Å². The molecule has 0 aromatic heterocycles. The minimum absolute atomic E-state index is 0.00444. The van der Waals surface area contributed by atoms with Gasteiger partial charge in [-0.25, -0.2) is 4.79 Å². The molecular formula is C33H31NO5. The molecule has 6 heteroatoms. The molecule has 1 heterocycles. The number of ether oxygens (including phenoxy) is 2. The van der Waals surface area contributed by atoms with Crippen LogP contribution in [-0.4, -0.2) is 35.0 Å². The largest absolute Gasteiger partial charge is 0.489 e. The molecule has 0 saturated heterocycles. The van der Waals surface area contributed by atoms with Crippen LogP contribution in [0.4, 0.5) is 0 Å². The Kier molecular flexibility index (Phi) is 7.92. The number of carboxylic acids is 1. The fraction of sp³-hybridized carbons (Fsp3) is 0.212. The number of aliphatic carboxylic acids is 1. The van der Waals surface area contributed by atoms with Crippen LogP contribution in [0, 0.1) is 0 Å². The highest BCUT2D eigenvalue weighted by Crippen LogP contribution is 2.45. The van der Waals surface area contributed by atoms with Crippen molar-refractivity contribution in [3.63, 3.8) is 0 Å². The van der Waals surface area contributed by atoms with Gasteiger partial charge in [0, 0.05) is 36.9 Å². The van der Waals surface area contributed by atoms with Gasteiger partial charge in [0.15, 0.2) is 0 Å². The Morgan fingerprint density at radius 2 is 1.41 bits per heavy atom. The minimum Gasteiger partial charge on any atom is -0.489 e. The van der Waals surface area contributed by atoms with E-state index < -0.39 is 12.0 Å². The average Bonchev–Trinajstić information content (AvgIpc) is 2.97. The van der Waals surface area contributed by atoms with Gasteiger partial charge in [-0.05, 0) is 41.8 Å². The first-order chi connectivity index (χ1) is 19.0. The molecular weight excluding hydrogens is 490 g/mol. The van der Waals surface area contributed by atoms with Crippen molar-refractivity contribution in [2.75, 3.05) is 7.05 Å². The molecule has 1 amide bonds.